The Hall–Kier alpha value is -3.09. The molecule has 4 rings (SSSR count). The van der Waals surface area contributed by atoms with Gasteiger partial charge in [0.25, 0.3) is 5.56 Å². The molecule has 0 saturated carbocycles. The maximum absolute atomic E-state index is 13.3. The second-order valence-corrected chi connectivity index (χ2v) is 8.99. The number of anilines is 1. The summed E-state index contributed by atoms with van der Waals surface area (Å²) in [6.45, 7) is 4.17. The van der Waals surface area contributed by atoms with Crippen molar-refractivity contribution in [1.82, 2.24) is 9.55 Å². The first-order chi connectivity index (χ1) is 15.4. The van der Waals surface area contributed by atoms with Gasteiger partial charge in [0.1, 0.15) is 0 Å². The molecule has 0 radical (unpaired) electrons. The van der Waals surface area contributed by atoms with E-state index < -0.39 is 0 Å². The molecule has 7 heteroatoms. The lowest BCUT2D eigenvalue weighted by Crippen LogP contribution is -2.23. The quantitative estimate of drug-likeness (QED) is 0.286. The monoisotopic (exact) mass is 463 g/mol. The lowest BCUT2D eigenvalue weighted by atomic mass is 10.0. The Morgan fingerprint density at radius 2 is 1.81 bits per heavy atom. The summed E-state index contributed by atoms with van der Waals surface area (Å²) in [4.78, 5) is 30.7. The number of amides is 1. The number of carbonyl (C=O) groups is 1. The van der Waals surface area contributed by atoms with Crippen molar-refractivity contribution < 1.29 is 4.79 Å². The fourth-order valence-corrected chi connectivity index (χ4v) is 4.48. The molecule has 0 saturated heterocycles. The van der Waals surface area contributed by atoms with E-state index in [9.17, 15) is 9.59 Å². The minimum Gasteiger partial charge on any atom is -0.325 e. The molecule has 0 fully saturated rings. The van der Waals surface area contributed by atoms with Crippen LogP contribution < -0.4 is 10.9 Å². The van der Waals surface area contributed by atoms with Crippen LogP contribution in [0.4, 0.5) is 5.69 Å². The Labute approximate surface area is 195 Å². The second kappa shape index (κ2) is 9.59. The zero-order valence-electron chi connectivity index (χ0n) is 17.7. The van der Waals surface area contributed by atoms with Crippen molar-refractivity contribution in [3.05, 3.63) is 93.7 Å². The smallest absolute Gasteiger partial charge is 0.266 e. The van der Waals surface area contributed by atoms with E-state index >= 15 is 0 Å². The Bertz CT molecular complexity index is 1350. The van der Waals surface area contributed by atoms with Gasteiger partial charge >= 0.3 is 0 Å². The van der Waals surface area contributed by atoms with E-state index in [0.717, 1.165) is 11.3 Å². The third-order valence-corrected chi connectivity index (χ3v) is 6.17. The number of benzene rings is 3. The maximum atomic E-state index is 13.3. The molecule has 0 atom stereocenters. The molecule has 4 aromatic rings. The van der Waals surface area contributed by atoms with Crippen LogP contribution in [0.1, 0.15) is 25.3 Å². The van der Waals surface area contributed by atoms with Crippen LogP contribution in [0.5, 0.6) is 0 Å². The largest absolute Gasteiger partial charge is 0.325 e. The van der Waals surface area contributed by atoms with E-state index in [1.807, 2.05) is 30.3 Å². The highest BCUT2D eigenvalue weighted by Crippen LogP contribution is 2.26. The number of fused-ring (bicyclic) bond motifs is 1. The van der Waals surface area contributed by atoms with Crippen LogP contribution in [-0.2, 0) is 4.79 Å². The topological polar surface area (TPSA) is 64.0 Å². The summed E-state index contributed by atoms with van der Waals surface area (Å²) >= 11 is 7.38. The molecule has 0 aliphatic carbocycles. The van der Waals surface area contributed by atoms with Crippen LogP contribution in [0.2, 0.25) is 5.02 Å². The van der Waals surface area contributed by atoms with Gasteiger partial charge in [-0.15, -0.1) is 0 Å². The summed E-state index contributed by atoms with van der Waals surface area (Å²) in [5.74, 6) is 0.232. The van der Waals surface area contributed by atoms with Gasteiger partial charge in [-0.25, -0.2) is 4.98 Å². The first-order valence-corrected chi connectivity index (χ1v) is 11.6. The summed E-state index contributed by atoms with van der Waals surface area (Å²) in [6, 6.07) is 22.0. The van der Waals surface area contributed by atoms with Gasteiger partial charge in [-0.3, -0.25) is 14.2 Å². The summed E-state index contributed by atoms with van der Waals surface area (Å²) in [5, 5.41) is 4.44. The minimum atomic E-state index is -0.203. The molecule has 32 heavy (non-hydrogen) atoms. The molecule has 1 aromatic heterocycles. The molecule has 0 spiro atoms. The summed E-state index contributed by atoms with van der Waals surface area (Å²) in [7, 11) is 0. The van der Waals surface area contributed by atoms with Crippen molar-refractivity contribution in [1.29, 1.82) is 0 Å². The van der Waals surface area contributed by atoms with Crippen molar-refractivity contribution in [3.63, 3.8) is 0 Å². The van der Waals surface area contributed by atoms with E-state index in [0.29, 0.717) is 26.8 Å². The molecule has 1 amide bonds. The summed E-state index contributed by atoms with van der Waals surface area (Å²) in [5.41, 5.74) is 2.86. The number of aromatic nitrogens is 2. The number of halogens is 1. The molecule has 5 nitrogen and oxygen atoms in total. The van der Waals surface area contributed by atoms with Crippen molar-refractivity contribution in [2.75, 3.05) is 11.1 Å². The predicted molar refractivity (Wildman–Crippen MR) is 132 cm³/mol. The van der Waals surface area contributed by atoms with E-state index in [1.165, 1.54) is 16.3 Å². The van der Waals surface area contributed by atoms with Crippen LogP contribution >= 0.6 is 23.4 Å². The Kier molecular flexibility index (Phi) is 6.63. The zero-order valence-corrected chi connectivity index (χ0v) is 19.3. The number of nitrogens with one attached hydrogen (secondary N) is 1. The van der Waals surface area contributed by atoms with Crippen molar-refractivity contribution >= 4 is 45.9 Å². The molecule has 162 valence electrons. The Morgan fingerprint density at radius 3 is 2.59 bits per heavy atom. The molecule has 3 aromatic carbocycles. The average Bonchev–Trinajstić information content (AvgIpc) is 2.78. The van der Waals surface area contributed by atoms with Crippen LogP contribution in [0.25, 0.3) is 16.6 Å². The normalized spacial score (nSPS) is 11.1. The van der Waals surface area contributed by atoms with E-state index in [2.05, 4.69) is 24.1 Å². The van der Waals surface area contributed by atoms with E-state index in [1.54, 1.807) is 42.5 Å². The molecule has 0 aliphatic heterocycles. The van der Waals surface area contributed by atoms with Crippen molar-refractivity contribution in [3.8, 4) is 5.69 Å². The number of carbonyl (C=O) groups excluding carboxylic acids is 1. The average molecular weight is 464 g/mol. The Morgan fingerprint density at radius 1 is 1.06 bits per heavy atom. The highest BCUT2D eigenvalue weighted by Gasteiger charge is 2.16. The highest BCUT2D eigenvalue weighted by atomic mass is 35.5. The highest BCUT2D eigenvalue weighted by molar-refractivity contribution is 7.99. The number of hydrogen-bond acceptors (Lipinski definition) is 4. The molecule has 0 aliphatic rings. The third kappa shape index (κ3) is 4.71. The Balaban J connectivity index is 1.66. The minimum absolute atomic E-state index is 0.109. The molecule has 0 unspecified atom stereocenters. The molecule has 1 heterocycles. The fraction of sp³-hybridized carbons (Fsp3) is 0.160. The standard InChI is InChI=1S/C25H22ClN3O2S/c1-16(2)19-10-3-5-12-21(19)27-23(30)15-32-25-28-22-13-6-4-11-20(22)24(31)29(25)18-9-7-8-17(26)14-18/h3-14,16H,15H2,1-2H3,(H,27,30). The van der Waals surface area contributed by atoms with Gasteiger partial charge in [-0.2, -0.15) is 0 Å². The molecule has 1 N–H and O–H groups in total. The first-order valence-electron chi connectivity index (χ1n) is 10.2. The maximum Gasteiger partial charge on any atom is 0.266 e. The number of thioether (sulfide) groups is 1. The fourth-order valence-electron chi connectivity index (χ4n) is 3.48. The van der Waals surface area contributed by atoms with Crippen LogP contribution in [0.3, 0.4) is 0 Å². The number of hydrogen-bond donors (Lipinski definition) is 1. The third-order valence-electron chi connectivity index (χ3n) is 5.00. The van der Waals surface area contributed by atoms with Crippen molar-refractivity contribution in [2.45, 2.75) is 24.9 Å². The van der Waals surface area contributed by atoms with Crippen LogP contribution in [0.15, 0.2) is 82.7 Å². The lowest BCUT2D eigenvalue weighted by Gasteiger charge is -2.15. The first kappa shape index (κ1) is 22.1. The van der Waals surface area contributed by atoms with Crippen LogP contribution in [0, 0.1) is 0 Å². The second-order valence-electron chi connectivity index (χ2n) is 7.61. The number of rotatable bonds is 6. The van der Waals surface area contributed by atoms with Gasteiger partial charge in [0.15, 0.2) is 5.16 Å². The zero-order chi connectivity index (χ0) is 22.7. The van der Waals surface area contributed by atoms with Gasteiger partial charge in [0, 0.05) is 10.7 Å². The SMILES string of the molecule is CC(C)c1ccccc1NC(=O)CSc1nc2ccccc2c(=O)n1-c1cccc(Cl)c1. The van der Waals surface area contributed by atoms with Crippen LogP contribution in [-0.4, -0.2) is 21.2 Å². The lowest BCUT2D eigenvalue weighted by molar-refractivity contribution is -0.113. The van der Waals surface area contributed by atoms with E-state index in [4.69, 9.17) is 11.6 Å². The summed E-state index contributed by atoms with van der Waals surface area (Å²) < 4.78 is 1.51. The molecular formula is C25H22ClN3O2S. The molecule has 0 bridgehead atoms. The van der Waals surface area contributed by atoms with Gasteiger partial charge in [-0.1, -0.05) is 73.6 Å². The van der Waals surface area contributed by atoms with E-state index in [-0.39, 0.29) is 23.1 Å². The molecular weight excluding hydrogens is 442 g/mol. The van der Waals surface area contributed by atoms with Gasteiger partial charge in [0.2, 0.25) is 5.91 Å². The number of para-hydroxylation sites is 2. The van der Waals surface area contributed by atoms with Gasteiger partial charge in [0.05, 0.1) is 22.3 Å². The predicted octanol–water partition coefficient (Wildman–Crippen LogP) is 5.89. The van der Waals surface area contributed by atoms with Crippen molar-refractivity contribution in [2.24, 2.45) is 0 Å². The number of nitrogens with zero attached hydrogens (tertiary/aromatic N) is 2. The van der Waals surface area contributed by atoms with Gasteiger partial charge < -0.3 is 5.32 Å². The summed E-state index contributed by atoms with van der Waals surface area (Å²) in [6.07, 6.45) is 0. The van der Waals surface area contributed by atoms with Gasteiger partial charge in [-0.05, 0) is 47.9 Å².